The first-order valence-corrected chi connectivity index (χ1v) is 13.4. The summed E-state index contributed by atoms with van der Waals surface area (Å²) in [7, 11) is 1.85. The van der Waals surface area contributed by atoms with Crippen molar-refractivity contribution in [3.63, 3.8) is 0 Å². The number of hydrogen-bond acceptors (Lipinski definition) is 9. The molecule has 1 aliphatic heterocycles. The predicted molar refractivity (Wildman–Crippen MR) is 145 cm³/mol. The van der Waals surface area contributed by atoms with Gasteiger partial charge in [0, 0.05) is 19.6 Å². The quantitative estimate of drug-likeness (QED) is 0.115. The number of nitrogens with zero attached hydrogens (tertiary/aromatic N) is 2. The van der Waals surface area contributed by atoms with Crippen LogP contribution in [0.5, 0.6) is 0 Å². The maximum atomic E-state index is 13.6. The molecule has 3 unspecified atom stereocenters. The Morgan fingerprint density at radius 1 is 1.08 bits per heavy atom. The zero-order valence-corrected chi connectivity index (χ0v) is 24.4. The summed E-state index contributed by atoms with van der Waals surface area (Å²) < 4.78 is 7.55. The number of amides is 5. The summed E-state index contributed by atoms with van der Waals surface area (Å²) in [5.74, 6) is -3.03. The van der Waals surface area contributed by atoms with Gasteiger partial charge in [0.15, 0.2) is 0 Å². The van der Waals surface area contributed by atoms with Crippen LogP contribution in [0.4, 0.5) is 4.79 Å². The third-order valence-electron chi connectivity index (χ3n) is 6.13. The smallest absolute Gasteiger partial charge is 0.315 e. The Labute approximate surface area is 229 Å². The second-order valence-corrected chi connectivity index (χ2v) is 12.5. The molecule has 0 aliphatic carbocycles. The SMILES string of the molecule is CN(CCN)SOCC(NC(=O)NC(C(=O)N1CCCC1C(=O)NCC(=O)C(N)=O)C(C)(C)C)C(C)(C)C. The molecule has 14 heteroatoms. The molecule has 0 bridgehead atoms. The number of hydrogen-bond donors (Lipinski definition) is 5. The maximum absolute atomic E-state index is 13.6. The van der Waals surface area contributed by atoms with Crippen LogP contribution < -0.4 is 27.4 Å². The van der Waals surface area contributed by atoms with E-state index in [2.05, 4.69) is 16.0 Å². The Kier molecular flexibility index (Phi) is 13.0. The normalized spacial score (nSPS) is 17.6. The highest BCUT2D eigenvalue weighted by Gasteiger charge is 2.42. The molecule has 1 heterocycles. The van der Waals surface area contributed by atoms with Gasteiger partial charge in [-0.15, -0.1) is 0 Å². The fraction of sp³-hybridized carbons (Fsp3) is 0.792. The number of carbonyl (C=O) groups is 5. The molecule has 7 N–H and O–H groups in total. The van der Waals surface area contributed by atoms with Gasteiger partial charge in [0.25, 0.3) is 5.91 Å². The van der Waals surface area contributed by atoms with Crippen LogP contribution in [0, 0.1) is 10.8 Å². The monoisotopic (exact) mass is 559 g/mol. The molecule has 5 amide bonds. The highest BCUT2D eigenvalue weighted by molar-refractivity contribution is 7.92. The molecule has 38 heavy (non-hydrogen) atoms. The third kappa shape index (κ3) is 10.8. The molecule has 0 radical (unpaired) electrons. The highest BCUT2D eigenvalue weighted by Crippen LogP contribution is 2.26. The van der Waals surface area contributed by atoms with Gasteiger partial charge in [-0.25, -0.2) is 9.10 Å². The van der Waals surface area contributed by atoms with Gasteiger partial charge in [0.05, 0.1) is 31.4 Å². The summed E-state index contributed by atoms with van der Waals surface area (Å²) in [6.07, 6.45) is 0.974. The molecule has 1 rings (SSSR count). The van der Waals surface area contributed by atoms with Gasteiger partial charge in [-0.1, -0.05) is 41.5 Å². The van der Waals surface area contributed by atoms with E-state index in [1.165, 1.54) is 4.90 Å². The highest BCUT2D eigenvalue weighted by atomic mass is 32.2. The Balaban J connectivity index is 2.92. The van der Waals surface area contributed by atoms with Crippen molar-refractivity contribution in [1.82, 2.24) is 25.2 Å². The average molecular weight is 560 g/mol. The molecule has 1 fully saturated rings. The first kappa shape index (κ1) is 33.6. The number of nitrogens with one attached hydrogen (secondary N) is 3. The molecule has 0 aromatic carbocycles. The Morgan fingerprint density at radius 3 is 2.24 bits per heavy atom. The molecule has 218 valence electrons. The van der Waals surface area contributed by atoms with Crippen molar-refractivity contribution in [2.75, 3.05) is 39.8 Å². The van der Waals surface area contributed by atoms with E-state index in [4.69, 9.17) is 15.7 Å². The number of likely N-dealkylation sites (N-methyl/N-ethyl adjacent to an activating group) is 1. The molecule has 0 aromatic heterocycles. The van der Waals surface area contributed by atoms with E-state index in [-0.39, 0.29) is 18.1 Å². The predicted octanol–water partition coefficient (Wildman–Crippen LogP) is -0.253. The summed E-state index contributed by atoms with van der Waals surface area (Å²) in [6.45, 7) is 12.5. The number of carbonyl (C=O) groups excluding carboxylic acids is 5. The Morgan fingerprint density at radius 2 is 1.71 bits per heavy atom. The van der Waals surface area contributed by atoms with E-state index < -0.39 is 53.6 Å². The van der Waals surface area contributed by atoms with Crippen LogP contribution in [0.1, 0.15) is 54.4 Å². The number of ketones is 1. The molecule has 0 aromatic rings. The lowest BCUT2D eigenvalue weighted by molar-refractivity contribution is -0.142. The van der Waals surface area contributed by atoms with Crippen LogP contribution in [0.25, 0.3) is 0 Å². The standard InChI is InChI=1S/C24H45N7O6S/c1-23(2,3)17(14-37-38-30(7)12-10-25)28-22(36)29-18(24(4,5)6)21(35)31-11-8-9-15(31)20(34)27-13-16(32)19(26)33/h15,17-18H,8-14,25H2,1-7H3,(H2,26,33)(H,27,34)(H2,28,29,36). The van der Waals surface area contributed by atoms with Gasteiger partial charge in [0.2, 0.25) is 17.6 Å². The lowest BCUT2D eigenvalue weighted by Gasteiger charge is -2.37. The topological polar surface area (TPSA) is 189 Å². The molecule has 0 saturated carbocycles. The van der Waals surface area contributed by atoms with Crippen molar-refractivity contribution >= 4 is 41.8 Å². The zero-order chi connectivity index (χ0) is 29.3. The van der Waals surface area contributed by atoms with Crippen molar-refractivity contribution in [2.24, 2.45) is 22.3 Å². The minimum absolute atomic E-state index is 0.225. The van der Waals surface area contributed by atoms with E-state index in [0.717, 1.165) is 12.2 Å². The van der Waals surface area contributed by atoms with Crippen LogP contribution in [0.3, 0.4) is 0 Å². The van der Waals surface area contributed by atoms with Crippen molar-refractivity contribution in [3.05, 3.63) is 0 Å². The van der Waals surface area contributed by atoms with Crippen LogP contribution in [0.15, 0.2) is 0 Å². The largest absolute Gasteiger partial charge is 0.363 e. The Hall–Kier alpha value is -2.42. The van der Waals surface area contributed by atoms with Gasteiger partial charge >= 0.3 is 6.03 Å². The Bertz CT molecular complexity index is 858. The molecule has 13 nitrogen and oxygen atoms in total. The molecule has 3 atom stereocenters. The van der Waals surface area contributed by atoms with Gasteiger partial charge in [-0.05, 0) is 30.7 Å². The summed E-state index contributed by atoms with van der Waals surface area (Å²) in [5, 5.41) is 8.11. The van der Waals surface area contributed by atoms with Crippen LogP contribution >= 0.6 is 12.2 Å². The molecule has 1 aliphatic rings. The summed E-state index contributed by atoms with van der Waals surface area (Å²) in [6, 6.07) is -2.66. The third-order valence-corrected chi connectivity index (χ3v) is 6.81. The minimum atomic E-state index is -1.15. The number of rotatable bonds is 13. The van der Waals surface area contributed by atoms with Crippen molar-refractivity contribution in [2.45, 2.75) is 72.5 Å². The summed E-state index contributed by atoms with van der Waals surface area (Å²) in [5.41, 5.74) is 9.47. The second-order valence-electron chi connectivity index (χ2n) is 11.5. The van der Waals surface area contributed by atoms with Crippen molar-refractivity contribution < 1.29 is 28.2 Å². The fourth-order valence-corrected chi connectivity index (χ4v) is 4.29. The van der Waals surface area contributed by atoms with Gasteiger partial charge in [-0.2, -0.15) is 0 Å². The zero-order valence-electron chi connectivity index (χ0n) is 23.6. The van der Waals surface area contributed by atoms with Crippen LogP contribution in [-0.2, 0) is 23.4 Å². The average Bonchev–Trinajstić information content (AvgIpc) is 3.28. The summed E-state index contributed by atoms with van der Waals surface area (Å²) in [4.78, 5) is 63.2. The minimum Gasteiger partial charge on any atom is -0.363 e. The molecule has 1 saturated heterocycles. The molecular formula is C24H45N7O6S. The lowest BCUT2D eigenvalue weighted by atomic mass is 9.85. The van der Waals surface area contributed by atoms with Crippen molar-refractivity contribution in [1.29, 1.82) is 0 Å². The van der Waals surface area contributed by atoms with E-state index in [0.29, 0.717) is 32.5 Å². The van der Waals surface area contributed by atoms with E-state index in [9.17, 15) is 24.0 Å². The number of primary amides is 1. The molecular weight excluding hydrogens is 514 g/mol. The van der Waals surface area contributed by atoms with Gasteiger partial charge in [-0.3, -0.25) is 23.4 Å². The molecule has 0 spiro atoms. The fourth-order valence-electron chi connectivity index (χ4n) is 3.74. The number of urea groups is 1. The summed E-state index contributed by atoms with van der Waals surface area (Å²) >= 11 is 1.16. The van der Waals surface area contributed by atoms with Crippen LogP contribution in [0.2, 0.25) is 0 Å². The number of Topliss-reactive ketones (excluding diaryl/α,β-unsaturated/α-hetero) is 1. The van der Waals surface area contributed by atoms with E-state index >= 15 is 0 Å². The lowest BCUT2D eigenvalue weighted by Crippen LogP contribution is -2.61. The maximum Gasteiger partial charge on any atom is 0.315 e. The van der Waals surface area contributed by atoms with E-state index in [1.807, 2.05) is 52.9 Å². The van der Waals surface area contributed by atoms with Crippen molar-refractivity contribution in [3.8, 4) is 0 Å². The first-order chi connectivity index (χ1) is 17.5. The van der Waals surface area contributed by atoms with Gasteiger partial charge in [0.1, 0.15) is 12.1 Å². The number of likely N-dealkylation sites (tertiary alicyclic amines) is 1. The van der Waals surface area contributed by atoms with E-state index in [1.54, 1.807) is 0 Å². The number of nitrogens with two attached hydrogens (primary N) is 2. The van der Waals surface area contributed by atoms with Crippen LogP contribution in [-0.4, -0.2) is 96.7 Å². The second kappa shape index (κ2) is 14.7. The first-order valence-electron chi connectivity index (χ1n) is 12.7. The van der Waals surface area contributed by atoms with Gasteiger partial charge < -0.3 is 32.3 Å².